The van der Waals surface area contributed by atoms with Crippen molar-refractivity contribution in [2.45, 2.75) is 33.6 Å². The summed E-state index contributed by atoms with van der Waals surface area (Å²) < 4.78 is 1.79. The van der Waals surface area contributed by atoms with Crippen LogP contribution in [0.1, 0.15) is 39.3 Å². The Labute approximate surface area is 163 Å². The summed E-state index contributed by atoms with van der Waals surface area (Å²) in [4.78, 5) is 24.2. The van der Waals surface area contributed by atoms with Crippen molar-refractivity contribution in [1.82, 2.24) is 9.78 Å². The first-order valence-electron chi connectivity index (χ1n) is 9.28. The molecule has 0 saturated heterocycles. The molecule has 0 aliphatic carbocycles. The molecule has 4 rings (SSSR count). The van der Waals surface area contributed by atoms with Crippen LogP contribution in [0.3, 0.4) is 0 Å². The van der Waals surface area contributed by atoms with Crippen molar-refractivity contribution >= 4 is 23.2 Å². The van der Waals surface area contributed by atoms with Crippen LogP contribution in [0.5, 0.6) is 0 Å². The normalized spacial score (nSPS) is 13.0. The van der Waals surface area contributed by atoms with Gasteiger partial charge in [0.2, 0.25) is 5.91 Å². The summed E-state index contributed by atoms with van der Waals surface area (Å²) in [5.74, 6) is -0.234. The number of fused-ring (bicyclic) bond motifs is 1. The van der Waals surface area contributed by atoms with Crippen LogP contribution in [-0.4, -0.2) is 21.6 Å². The van der Waals surface area contributed by atoms with Crippen LogP contribution in [0, 0.1) is 20.8 Å². The summed E-state index contributed by atoms with van der Waals surface area (Å²) in [6, 6.07) is 13.5. The van der Waals surface area contributed by atoms with E-state index in [1.807, 2.05) is 45.0 Å². The standard InChI is InChI=1S/C22H22N4O2/c1-13-8-14(2)10-18(9-13)26-15(3)11-20(25-26)22(28)23-17-5-6-19-16(12-17)4-7-21(27)24-19/h5-6,8-12H,4,7H2,1-3H3,(H,23,28)(H,24,27). The van der Waals surface area contributed by atoms with Crippen molar-refractivity contribution in [2.75, 3.05) is 10.6 Å². The second-order valence-corrected chi connectivity index (χ2v) is 7.30. The van der Waals surface area contributed by atoms with Crippen molar-refractivity contribution in [3.05, 3.63) is 70.5 Å². The highest BCUT2D eigenvalue weighted by molar-refractivity contribution is 6.03. The number of nitrogens with one attached hydrogen (secondary N) is 2. The fraction of sp³-hybridized carbons (Fsp3) is 0.227. The third-order valence-electron chi connectivity index (χ3n) is 4.83. The van der Waals surface area contributed by atoms with Crippen molar-refractivity contribution < 1.29 is 9.59 Å². The SMILES string of the molecule is Cc1cc(C)cc(-n2nc(C(=O)Nc3ccc4c(c3)CCC(=O)N4)cc2C)c1. The van der Waals surface area contributed by atoms with E-state index in [0.717, 1.165) is 33.8 Å². The van der Waals surface area contributed by atoms with Crippen LogP contribution in [0.15, 0.2) is 42.5 Å². The molecule has 0 fully saturated rings. The molecule has 28 heavy (non-hydrogen) atoms. The van der Waals surface area contributed by atoms with Gasteiger partial charge >= 0.3 is 0 Å². The first-order chi connectivity index (χ1) is 13.4. The van der Waals surface area contributed by atoms with E-state index in [0.29, 0.717) is 24.2 Å². The third-order valence-corrected chi connectivity index (χ3v) is 4.83. The van der Waals surface area contributed by atoms with Crippen molar-refractivity contribution in [2.24, 2.45) is 0 Å². The Kier molecular flexibility index (Phi) is 4.47. The molecule has 2 heterocycles. The lowest BCUT2D eigenvalue weighted by Gasteiger charge is -2.17. The first-order valence-corrected chi connectivity index (χ1v) is 9.28. The molecule has 142 valence electrons. The van der Waals surface area contributed by atoms with Gasteiger partial charge in [-0.05, 0) is 80.3 Å². The molecule has 1 aromatic heterocycles. The molecule has 2 amide bonds. The summed E-state index contributed by atoms with van der Waals surface area (Å²) >= 11 is 0. The molecular formula is C22H22N4O2. The Morgan fingerprint density at radius 1 is 1.04 bits per heavy atom. The number of hydrogen-bond acceptors (Lipinski definition) is 3. The minimum Gasteiger partial charge on any atom is -0.326 e. The highest BCUT2D eigenvalue weighted by Gasteiger charge is 2.17. The summed E-state index contributed by atoms with van der Waals surface area (Å²) in [6.45, 7) is 6.02. The molecule has 0 spiro atoms. The van der Waals surface area contributed by atoms with Crippen LogP contribution < -0.4 is 10.6 Å². The van der Waals surface area contributed by atoms with Gasteiger partial charge in [0, 0.05) is 23.5 Å². The first kappa shape index (κ1) is 18.0. The van der Waals surface area contributed by atoms with E-state index in [1.54, 1.807) is 16.8 Å². The van der Waals surface area contributed by atoms with E-state index in [-0.39, 0.29) is 11.8 Å². The minimum atomic E-state index is -0.258. The van der Waals surface area contributed by atoms with Gasteiger partial charge < -0.3 is 10.6 Å². The quantitative estimate of drug-likeness (QED) is 0.729. The topological polar surface area (TPSA) is 76.0 Å². The Bertz CT molecular complexity index is 1080. The predicted molar refractivity (Wildman–Crippen MR) is 109 cm³/mol. The molecule has 0 saturated carbocycles. The van der Waals surface area contributed by atoms with E-state index >= 15 is 0 Å². The molecule has 0 atom stereocenters. The lowest BCUT2D eigenvalue weighted by Crippen LogP contribution is -2.19. The van der Waals surface area contributed by atoms with Crippen LogP contribution in [0.25, 0.3) is 5.69 Å². The molecule has 6 nitrogen and oxygen atoms in total. The van der Waals surface area contributed by atoms with Crippen molar-refractivity contribution in [3.8, 4) is 5.69 Å². The highest BCUT2D eigenvalue weighted by atomic mass is 16.2. The van der Waals surface area contributed by atoms with Crippen LogP contribution in [0.2, 0.25) is 0 Å². The molecule has 0 bridgehead atoms. The number of hydrogen-bond donors (Lipinski definition) is 2. The number of aromatic nitrogens is 2. The number of aryl methyl sites for hydroxylation is 4. The molecule has 3 aromatic rings. The zero-order valence-electron chi connectivity index (χ0n) is 16.2. The highest BCUT2D eigenvalue weighted by Crippen LogP contribution is 2.26. The van der Waals surface area contributed by atoms with Gasteiger partial charge in [0.1, 0.15) is 0 Å². The number of benzene rings is 2. The van der Waals surface area contributed by atoms with Crippen molar-refractivity contribution in [1.29, 1.82) is 0 Å². The zero-order chi connectivity index (χ0) is 19.8. The molecule has 6 heteroatoms. The smallest absolute Gasteiger partial charge is 0.276 e. The maximum absolute atomic E-state index is 12.7. The average Bonchev–Trinajstić information content (AvgIpc) is 3.03. The van der Waals surface area contributed by atoms with E-state index in [1.165, 1.54) is 0 Å². The van der Waals surface area contributed by atoms with E-state index < -0.39 is 0 Å². The molecule has 1 aliphatic heterocycles. The molecule has 1 aliphatic rings. The lowest BCUT2D eigenvalue weighted by atomic mass is 10.0. The largest absolute Gasteiger partial charge is 0.326 e. The van der Waals surface area contributed by atoms with Crippen molar-refractivity contribution in [3.63, 3.8) is 0 Å². The Hall–Kier alpha value is -3.41. The minimum absolute atomic E-state index is 0.0247. The number of carbonyl (C=O) groups excluding carboxylic acids is 2. The zero-order valence-corrected chi connectivity index (χ0v) is 16.2. The van der Waals surface area contributed by atoms with Gasteiger partial charge in [-0.3, -0.25) is 9.59 Å². The summed E-state index contributed by atoms with van der Waals surface area (Å²) in [7, 11) is 0. The van der Waals surface area contributed by atoms with Gasteiger partial charge in [0.25, 0.3) is 5.91 Å². The number of anilines is 2. The monoisotopic (exact) mass is 374 g/mol. The summed E-state index contributed by atoms with van der Waals surface area (Å²) in [5.41, 5.74) is 7.02. The average molecular weight is 374 g/mol. The second-order valence-electron chi connectivity index (χ2n) is 7.30. The Balaban J connectivity index is 1.57. The van der Waals surface area contributed by atoms with E-state index in [4.69, 9.17) is 0 Å². The molecule has 2 aromatic carbocycles. The number of nitrogens with zero attached hydrogens (tertiary/aromatic N) is 2. The van der Waals surface area contributed by atoms with Gasteiger partial charge in [-0.1, -0.05) is 6.07 Å². The van der Waals surface area contributed by atoms with Gasteiger partial charge in [-0.25, -0.2) is 4.68 Å². The second kappa shape index (κ2) is 6.96. The Morgan fingerprint density at radius 3 is 2.54 bits per heavy atom. The fourth-order valence-electron chi connectivity index (χ4n) is 3.58. The maximum atomic E-state index is 12.7. The predicted octanol–water partition coefficient (Wildman–Crippen LogP) is 3.93. The lowest BCUT2D eigenvalue weighted by molar-refractivity contribution is -0.116. The number of rotatable bonds is 3. The summed E-state index contributed by atoms with van der Waals surface area (Å²) in [5, 5.41) is 10.3. The van der Waals surface area contributed by atoms with E-state index in [9.17, 15) is 9.59 Å². The molecular weight excluding hydrogens is 352 g/mol. The fourth-order valence-corrected chi connectivity index (χ4v) is 3.58. The van der Waals surface area contributed by atoms with Gasteiger partial charge in [0.15, 0.2) is 5.69 Å². The van der Waals surface area contributed by atoms with Gasteiger partial charge in [-0.15, -0.1) is 0 Å². The molecule has 0 radical (unpaired) electrons. The number of amides is 2. The maximum Gasteiger partial charge on any atom is 0.276 e. The summed E-state index contributed by atoms with van der Waals surface area (Å²) in [6.07, 6.45) is 1.13. The van der Waals surface area contributed by atoms with E-state index in [2.05, 4.69) is 21.8 Å². The third kappa shape index (κ3) is 3.53. The van der Waals surface area contributed by atoms with Crippen LogP contribution in [-0.2, 0) is 11.2 Å². The van der Waals surface area contributed by atoms with Crippen LogP contribution >= 0.6 is 0 Å². The van der Waals surface area contributed by atoms with Gasteiger partial charge in [0.05, 0.1) is 5.69 Å². The molecule has 2 N–H and O–H groups in total. The van der Waals surface area contributed by atoms with Gasteiger partial charge in [-0.2, -0.15) is 5.10 Å². The number of carbonyl (C=O) groups is 2. The Morgan fingerprint density at radius 2 is 1.79 bits per heavy atom. The molecule has 0 unspecified atom stereocenters. The van der Waals surface area contributed by atoms with Crippen LogP contribution in [0.4, 0.5) is 11.4 Å².